The molecule has 6 atom stereocenters. The molecule has 0 spiro atoms. The standard InChI is InChI=1S/C82H62F6N4O18/c1-89(43-9-5-3-6-10-43)79(97)61(33-81(83,84)85)91-75(93)57-29-63(107-49-21-13-45(14-22-49)99-35-53-39-103-53)69-71-65(109-51-25-17-47(18-26-51)101-37-55-41-105-55)31-59-68-60(78(96)92(77(59)95)62(34-82(86,87)88)80(98)90(2)44-11-7-4-8-12-44)32-66(110-52-27-19-48(20-28-52)102-38-56-42-106-56)72(74(68)71)70-64(30-58(76(91)94)67(57)73(69)70)108-50-23-15-46(16-24-50)100-36-54-40-104-54/h3-32,53-56,61-62H,33-42H2,1-2H3. The van der Waals surface area contributed by atoms with Gasteiger partial charge in [0.15, 0.2) is 0 Å². The second kappa shape index (κ2) is 28.1. The Hall–Kier alpha value is -12.2. The first-order valence-corrected chi connectivity index (χ1v) is 35.0. The average molecular weight is 1510 g/mol. The van der Waals surface area contributed by atoms with Gasteiger partial charge in [0, 0.05) is 68.6 Å². The fourth-order valence-corrected chi connectivity index (χ4v) is 13.8. The van der Waals surface area contributed by atoms with Gasteiger partial charge in [-0.05, 0) is 146 Å². The van der Waals surface area contributed by atoms with Crippen molar-refractivity contribution in [3.63, 3.8) is 0 Å². The molecule has 28 heteroatoms. The topological polar surface area (TPSA) is 239 Å². The van der Waals surface area contributed by atoms with Crippen molar-refractivity contribution in [3.05, 3.63) is 204 Å². The minimum Gasteiger partial charge on any atom is -0.491 e. The Morgan fingerprint density at radius 1 is 0.364 bits per heavy atom. The zero-order chi connectivity index (χ0) is 76.0. The minimum atomic E-state index is -5.20. The van der Waals surface area contributed by atoms with Crippen LogP contribution in [0.5, 0.6) is 69.0 Å². The average Bonchev–Trinajstić information content (AvgIpc) is 1.02. The first kappa shape index (κ1) is 70.7. The van der Waals surface area contributed by atoms with Crippen LogP contribution in [-0.2, 0) is 28.5 Å². The molecule has 0 N–H and O–H groups in total. The number of epoxide rings is 4. The van der Waals surface area contributed by atoms with Gasteiger partial charge < -0.3 is 66.6 Å². The number of benzene rings is 11. The number of hydrogen-bond donors (Lipinski definition) is 0. The van der Waals surface area contributed by atoms with Crippen LogP contribution in [-0.4, -0.2) is 161 Å². The quantitative estimate of drug-likeness (QED) is 0.0146. The number of likely N-dealkylation sites (N-methyl/N-ethyl adjacent to an activating group) is 2. The van der Waals surface area contributed by atoms with E-state index in [2.05, 4.69) is 0 Å². The summed E-state index contributed by atoms with van der Waals surface area (Å²) in [5.41, 5.74) is -1.66. The van der Waals surface area contributed by atoms with E-state index in [-0.39, 0.29) is 161 Å². The number of fused-ring (bicyclic) bond motifs is 2. The third-order valence-corrected chi connectivity index (χ3v) is 19.5. The van der Waals surface area contributed by atoms with Crippen LogP contribution in [0.3, 0.4) is 0 Å². The van der Waals surface area contributed by atoms with E-state index < -0.39 is 95.0 Å². The van der Waals surface area contributed by atoms with E-state index in [4.69, 9.17) is 56.8 Å². The van der Waals surface area contributed by atoms with Gasteiger partial charge in [0.05, 0.1) is 61.5 Å². The number of hydrogen-bond acceptors (Lipinski definition) is 18. The first-order valence-electron chi connectivity index (χ1n) is 35.0. The number of imide groups is 2. The maximum atomic E-state index is 16.2. The molecule has 0 radical (unpaired) electrons. The Morgan fingerprint density at radius 2 is 0.591 bits per heavy atom. The van der Waals surface area contributed by atoms with Crippen LogP contribution in [0.15, 0.2) is 182 Å². The summed E-state index contributed by atoms with van der Waals surface area (Å²) in [6.45, 7) is 2.74. The number of nitrogens with zero attached hydrogens (tertiary/aromatic N) is 4. The maximum absolute atomic E-state index is 16.2. The Kier molecular flexibility index (Phi) is 18.1. The van der Waals surface area contributed by atoms with E-state index in [0.717, 1.165) is 9.80 Å². The summed E-state index contributed by atoms with van der Waals surface area (Å²) in [5.74, 6) is -7.76. The predicted molar refractivity (Wildman–Crippen MR) is 384 cm³/mol. The number of alkyl halides is 6. The molecule has 560 valence electrons. The van der Waals surface area contributed by atoms with Crippen molar-refractivity contribution in [2.75, 3.05) is 76.8 Å². The van der Waals surface area contributed by atoms with Gasteiger partial charge in [0.1, 0.15) is 132 Å². The van der Waals surface area contributed by atoms with E-state index in [1.807, 2.05) is 0 Å². The number of carbonyl (C=O) groups is 6. The van der Waals surface area contributed by atoms with E-state index in [1.165, 1.54) is 111 Å². The molecule has 22 nitrogen and oxygen atoms in total. The molecule has 6 heterocycles. The van der Waals surface area contributed by atoms with E-state index in [9.17, 15) is 0 Å². The van der Waals surface area contributed by atoms with Gasteiger partial charge in [0.2, 0.25) is 11.8 Å². The molecule has 6 amide bonds. The predicted octanol–water partition coefficient (Wildman–Crippen LogP) is 15.2. The minimum absolute atomic E-state index is 0.0319. The summed E-state index contributed by atoms with van der Waals surface area (Å²) in [7, 11) is 2.42. The summed E-state index contributed by atoms with van der Waals surface area (Å²) >= 11 is 0. The molecule has 0 aromatic heterocycles. The molecular weight excluding hydrogens is 1440 g/mol. The van der Waals surface area contributed by atoms with E-state index >= 15 is 55.1 Å². The van der Waals surface area contributed by atoms with Crippen LogP contribution in [0.1, 0.15) is 54.3 Å². The first-order chi connectivity index (χ1) is 53.0. The van der Waals surface area contributed by atoms with Crippen LogP contribution in [0.2, 0.25) is 0 Å². The van der Waals surface area contributed by atoms with Crippen LogP contribution >= 0.6 is 0 Å². The summed E-state index contributed by atoms with van der Waals surface area (Å²) in [4.78, 5) is 97.4. The smallest absolute Gasteiger partial charge is 0.391 e. The van der Waals surface area contributed by atoms with Crippen LogP contribution in [0, 0.1) is 0 Å². The molecule has 4 saturated heterocycles. The Balaban J connectivity index is 0.977. The van der Waals surface area contributed by atoms with Gasteiger partial charge in [-0.3, -0.25) is 38.6 Å². The van der Waals surface area contributed by atoms with Gasteiger partial charge >= 0.3 is 12.4 Å². The highest BCUT2D eigenvalue weighted by Gasteiger charge is 2.51. The Morgan fingerprint density at radius 3 is 0.809 bits per heavy atom. The highest BCUT2D eigenvalue weighted by Crippen LogP contribution is 2.59. The highest BCUT2D eigenvalue weighted by atomic mass is 19.4. The molecule has 6 aliphatic rings. The Labute approximate surface area is 620 Å². The SMILES string of the molecule is CN(C(=O)C(CC(F)(F)F)N1C(=O)c2cc(Oc3ccc(OCC4CO4)cc3)c3c4c(Oc5ccc(OCC6CO6)cc5)cc5c6c(cc(Oc7ccc(OCC8CO8)cc7)c(c7c(Oc8ccc(OCC9CO9)cc8)cc(c2c37)C1=O)c64)C(=O)N(C(CC(F)(F)F)C(=O)N(C)c1ccccc1)C5=O)c1ccccc1. The van der Waals surface area contributed by atoms with Gasteiger partial charge in [-0.2, -0.15) is 26.3 Å². The lowest BCUT2D eigenvalue weighted by Crippen LogP contribution is -2.55. The van der Waals surface area contributed by atoms with Crippen molar-refractivity contribution >= 4 is 89.9 Å². The summed E-state index contributed by atoms with van der Waals surface area (Å²) in [6, 6.07) is 39.6. The second-order valence-electron chi connectivity index (χ2n) is 27.1. The van der Waals surface area contributed by atoms with Crippen molar-refractivity contribution in [2.45, 2.75) is 61.7 Å². The van der Waals surface area contributed by atoms with Crippen molar-refractivity contribution in [1.82, 2.24) is 9.80 Å². The molecule has 110 heavy (non-hydrogen) atoms. The number of ether oxygens (including phenoxy) is 12. The normalized spacial score (nSPS) is 18.1. The van der Waals surface area contributed by atoms with Crippen molar-refractivity contribution in [3.8, 4) is 69.0 Å². The Bertz CT molecular complexity index is 4880. The van der Waals surface area contributed by atoms with Gasteiger partial charge in [-0.1, -0.05) is 36.4 Å². The molecule has 0 bridgehead atoms. The third-order valence-electron chi connectivity index (χ3n) is 19.5. The number of rotatable bonds is 28. The second-order valence-corrected chi connectivity index (χ2v) is 27.1. The molecule has 0 saturated carbocycles. The van der Waals surface area contributed by atoms with Crippen LogP contribution in [0.4, 0.5) is 37.7 Å². The molecule has 0 aliphatic carbocycles. The number of para-hydroxylation sites is 2. The molecule has 6 aliphatic heterocycles. The van der Waals surface area contributed by atoms with Crippen molar-refractivity contribution in [1.29, 1.82) is 0 Å². The number of amides is 6. The molecule has 6 unspecified atom stereocenters. The third kappa shape index (κ3) is 14.2. The number of anilines is 2. The lowest BCUT2D eigenvalue weighted by Gasteiger charge is -2.37. The lowest BCUT2D eigenvalue weighted by molar-refractivity contribution is -0.152. The molecular formula is C82H62F6N4O18. The molecule has 11 aromatic carbocycles. The van der Waals surface area contributed by atoms with Crippen molar-refractivity contribution in [2.24, 2.45) is 0 Å². The van der Waals surface area contributed by atoms with E-state index in [0.29, 0.717) is 49.4 Å². The lowest BCUT2D eigenvalue weighted by atomic mass is 9.80. The van der Waals surface area contributed by atoms with Crippen molar-refractivity contribution < 1.29 is 112 Å². The fourth-order valence-electron chi connectivity index (χ4n) is 13.8. The van der Waals surface area contributed by atoms with Crippen LogP contribution in [0.25, 0.3) is 43.1 Å². The number of halogens is 6. The monoisotopic (exact) mass is 1500 g/mol. The van der Waals surface area contributed by atoms with Gasteiger partial charge in [-0.25, -0.2) is 0 Å². The summed E-state index contributed by atoms with van der Waals surface area (Å²) in [6.07, 6.45) is -15.0. The highest BCUT2D eigenvalue weighted by molar-refractivity contribution is 6.45. The zero-order valence-electron chi connectivity index (χ0n) is 58.3. The fraction of sp³-hybridized carbons (Fsp3) is 0.244. The maximum Gasteiger partial charge on any atom is 0.391 e. The zero-order valence-corrected chi connectivity index (χ0v) is 58.3. The largest absolute Gasteiger partial charge is 0.491 e. The molecule has 11 aromatic rings. The van der Waals surface area contributed by atoms with Crippen LogP contribution < -0.4 is 47.7 Å². The number of carbonyl (C=O) groups excluding carboxylic acids is 6. The molecule has 4 fully saturated rings. The molecule has 17 rings (SSSR count). The van der Waals surface area contributed by atoms with Gasteiger partial charge in [-0.15, -0.1) is 0 Å². The van der Waals surface area contributed by atoms with Gasteiger partial charge in [0.25, 0.3) is 23.6 Å². The summed E-state index contributed by atoms with van der Waals surface area (Å²) in [5, 5.41) is -1.08. The summed E-state index contributed by atoms with van der Waals surface area (Å²) < 4.78 is 166. The van der Waals surface area contributed by atoms with E-state index in [1.54, 1.807) is 84.9 Å².